The van der Waals surface area contributed by atoms with Crippen LogP contribution in [0.15, 0.2) is 0 Å². The van der Waals surface area contributed by atoms with E-state index in [0.29, 0.717) is 24.8 Å². The first-order valence-corrected chi connectivity index (χ1v) is 7.89. The minimum atomic E-state index is -3.01. The predicted octanol–water partition coefficient (Wildman–Crippen LogP) is 0.895. The fourth-order valence-corrected chi connectivity index (χ4v) is 4.69. The molecule has 0 bridgehead atoms. The second-order valence-corrected chi connectivity index (χ2v) is 7.07. The van der Waals surface area contributed by atoms with E-state index in [9.17, 15) is 8.42 Å². The van der Waals surface area contributed by atoms with Gasteiger partial charge in [-0.25, -0.2) is 8.42 Å². The van der Waals surface area contributed by atoms with Gasteiger partial charge in [0.2, 0.25) is 10.0 Å². The molecule has 0 N–H and O–H groups in total. The Morgan fingerprint density at radius 3 is 2.75 bits per heavy atom. The first kappa shape index (κ1) is 12.3. The van der Waals surface area contributed by atoms with Crippen molar-refractivity contribution >= 4 is 10.0 Å². The van der Waals surface area contributed by atoms with E-state index >= 15 is 0 Å². The smallest absolute Gasteiger partial charge is 0.214 e. The van der Waals surface area contributed by atoms with Crippen molar-refractivity contribution < 1.29 is 8.42 Å². The molecule has 2 aliphatic heterocycles. The van der Waals surface area contributed by atoms with Gasteiger partial charge in [-0.05, 0) is 32.7 Å². The van der Waals surface area contributed by atoms with Gasteiger partial charge in [-0.1, -0.05) is 6.92 Å². The van der Waals surface area contributed by atoms with Crippen molar-refractivity contribution in [2.45, 2.75) is 45.2 Å². The molecule has 0 aromatic rings. The van der Waals surface area contributed by atoms with Crippen molar-refractivity contribution in [2.75, 3.05) is 25.4 Å². The quantitative estimate of drug-likeness (QED) is 0.743. The van der Waals surface area contributed by atoms with Crippen molar-refractivity contribution in [1.82, 2.24) is 9.21 Å². The molecule has 0 spiro atoms. The van der Waals surface area contributed by atoms with Crippen LogP contribution in [0.2, 0.25) is 0 Å². The highest BCUT2D eigenvalue weighted by Gasteiger charge is 2.39. The molecule has 0 saturated carbocycles. The molecule has 5 heteroatoms. The summed E-state index contributed by atoms with van der Waals surface area (Å²) in [5.41, 5.74) is 0. The highest BCUT2D eigenvalue weighted by molar-refractivity contribution is 7.89. The summed E-state index contributed by atoms with van der Waals surface area (Å²) in [7, 11) is -3.01. The van der Waals surface area contributed by atoms with Crippen molar-refractivity contribution in [1.29, 1.82) is 0 Å². The van der Waals surface area contributed by atoms with E-state index in [2.05, 4.69) is 4.90 Å². The largest absolute Gasteiger partial charge is 0.297 e. The Morgan fingerprint density at radius 2 is 2.06 bits per heavy atom. The van der Waals surface area contributed by atoms with Crippen LogP contribution in [0.5, 0.6) is 0 Å². The molecule has 94 valence electrons. The van der Waals surface area contributed by atoms with Crippen LogP contribution in [0.3, 0.4) is 0 Å². The first-order chi connectivity index (χ1) is 7.54. The standard InChI is InChI=1S/C11H22N2O2S/c1-3-7-16(14,15)13-9-11-5-4-6-12(11)8-10(13)2/h10-11H,3-9H2,1-2H3/t10-,11-/m0/s1. The Labute approximate surface area is 98.7 Å². The molecule has 0 unspecified atom stereocenters. The van der Waals surface area contributed by atoms with E-state index in [1.54, 1.807) is 4.31 Å². The fraction of sp³-hybridized carbons (Fsp3) is 1.00. The van der Waals surface area contributed by atoms with Crippen LogP contribution >= 0.6 is 0 Å². The van der Waals surface area contributed by atoms with Crippen LogP contribution in [0.4, 0.5) is 0 Å². The summed E-state index contributed by atoms with van der Waals surface area (Å²) in [6, 6.07) is 0.619. The lowest BCUT2D eigenvalue weighted by molar-refractivity contribution is 0.117. The minimum absolute atomic E-state index is 0.144. The molecule has 2 saturated heterocycles. The van der Waals surface area contributed by atoms with E-state index in [1.807, 2.05) is 13.8 Å². The maximum absolute atomic E-state index is 12.1. The average Bonchev–Trinajstić information content (AvgIpc) is 2.63. The van der Waals surface area contributed by atoms with E-state index in [4.69, 9.17) is 0 Å². The number of sulfonamides is 1. The summed E-state index contributed by atoms with van der Waals surface area (Å²) in [6.45, 7) is 6.73. The highest BCUT2D eigenvalue weighted by Crippen LogP contribution is 2.26. The Morgan fingerprint density at radius 1 is 1.31 bits per heavy atom. The lowest BCUT2D eigenvalue weighted by Crippen LogP contribution is -2.57. The topological polar surface area (TPSA) is 40.6 Å². The molecule has 4 nitrogen and oxygen atoms in total. The summed E-state index contributed by atoms with van der Waals surface area (Å²) in [5, 5.41) is 0. The Balaban J connectivity index is 2.10. The maximum Gasteiger partial charge on any atom is 0.214 e. The van der Waals surface area contributed by atoms with Gasteiger partial charge in [-0.3, -0.25) is 4.90 Å². The lowest BCUT2D eigenvalue weighted by atomic mass is 10.1. The first-order valence-electron chi connectivity index (χ1n) is 6.28. The highest BCUT2D eigenvalue weighted by atomic mass is 32.2. The van der Waals surface area contributed by atoms with Crippen LogP contribution in [-0.4, -0.2) is 55.1 Å². The number of fused-ring (bicyclic) bond motifs is 1. The molecule has 2 aliphatic rings. The third-order valence-electron chi connectivity index (χ3n) is 3.70. The van der Waals surface area contributed by atoms with Crippen molar-refractivity contribution in [3.63, 3.8) is 0 Å². The molecule has 2 fully saturated rings. The van der Waals surface area contributed by atoms with Gasteiger partial charge in [0.1, 0.15) is 0 Å². The van der Waals surface area contributed by atoms with Gasteiger partial charge in [-0.2, -0.15) is 4.31 Å². The summed E-state index contributed by atoms with van der Waals surface area (Å²) < 4.78 is 25.9. The zero-order chi connectivity index (χ0) is 11.8. The molecule has 0 aromatic heterocycles. The second kappa shape index (κ2) is 4.63. The zero-order valence-corrected chi connectivity index (χ0v) is 11.0. The zero-order valence-electron chi connectivity index (χ0n) is 10.2. The molecule has 2 rings (SSSR count). The molecular formula is C11H22N2O2S. The van der Waals surface area contributed by atoms with E-state index in [1.165, 1.54) is 6.42 Å². The van der Waals surface area contributed by atoms with Crippen LogP contribution < -0.4 is 0 Å². The second-order valence-electron chi connectivity index (χ2n) is 5.03. The number of piperazine rings is 1. The summed E-state index contributed by atoms with van der Waals surface area (Å²) in [4.78, 5) is 2.45. The van der Waals surface area contributed by atoms with Crippen molar-refractivity contribution in [3.05, 3.63) is 0 Å². The van der Waals surface area contributed by atoms with E-state index in [-0.39, 0.29) is 6.04 Å². The predicted molar refractivity (Wildman–Crippen MR) is 64.8 cm³/mol. The molecule has 0 aliphatic carbocycles. The third kappa shape index (κ3) is 2.26. The SMILES string of the molecule is CCCS(=O)(=O)N1C[C@@H]2CCCN2C[C@@H]1C. The van der Waals surface area contributed by atoms with Crippen LogP contribution in [0.25, 0.3) is 0 Å². The summed E-state index contributed by atoms with van der Waals surface area (Å²) in [5.74, 6) is 0.296. The summed E-state index contributed by atoms with van der Waals surface area (Å²) in [6.07, 6.45) is 3.09. The van der Waals surface area contributed by atoms with Gasteiger partial charge in [-0.15, -0.1) is 0 Å². The number of hydrogen-bond acceptors (Lipinski definition) is 3. The molecule has 2 atom stereocenters. The monoisotopic (exact) mass is 246 g/mol. The van der Waals surface area contributed by atoms with Gasteiger partial charge in [0.15, 0.2) is 0 Å². The van der Waals surface area contributed by atoms with Gasteiger partial charge in [0.05, 0.1) is 5.75 Å². The summed E-state index contributed by atoms with van der Waals surface area (Å²) >= 11 is 0. The Kier molecular flexibility index (Phi) is 3.56. The number of rotatable bonds is 3. The number of nitrogens with zero attached hydrogens (tertiary/aromatic N) is 2. The number of hydrogen-bond donors (Lipinski definition) is 0. The molecule has 16 heavy (non-hydrogen) atoms. The van der Waals surface area contributed by atoms with E-state index in [0.717, 1.165) is 19.5 Å². The Hall–Kier alpha value is -0.130. The molecular weight excluding hydrogens is 224 g/mol. The Bertz CT molecular complexity index is 342. The minimum Gasteiger partial charge on any atom is -0.297 e. The van der Waals surface area contributed by atoms with Crippen LogP contribution in [0, 0.1) is 0 Å². The normalized spacial score (nSPS) is 32.9. The van der Waals surface area contributed by atoms with Crippen LogP contribution in [-0.2, 0) is 10.0 Å². The van der Waals surface area contributed by atoms with Crippen molar-refractivity contribution in [2.24, 2.45) is 0 Å². The van der Waals surface area contributed by atoms with Crippen LogP contribution in [0.1, 0.15) is 33.1 Å². The lowest BCUT2D eigenvalue weighted by Gasteiger charge is -2.41. The van der Waals surface area contributed by atoms with Gasteiger partial charge in [0, 0.05) is 25.2 Å². The van der Waals surface area contributed by atoms with Crippen molar-refractivity contribution in [3.8, 4) is 0 Å². The average molecular weight is 246 g/mol. The van der Waals surface area contributed by atoms with Gasteiger partial charge < -0.3 is 0 Å². The van der Waals surface area contributed by atoms with E-state index < -0.39 is 10.0 Å². The van der Waals surface area contributed by atoms with Gasteiger partial charge >= 0.3 is 0 Å². The fourth-order valence-electron chi connectivity index (χ4n) is 2.92. The molecule has 0 aromatic carbocycles. The molecule has 0 amide bonds. The molecule has 2 heterocycles. The third-order valence-corrected chi connectivity index (χ3v) is 5.85. The maximum atomic E-state index is 12.1. The molecule has 0 radical (unpaired) electrons. The van der Waals surface area contributed by atoms with Gasteiger partial charge in [0.25, 0.3) is 0 Å².